The Balaban J connectivity index is 1.58. The number of nitrogens with zero attached hydrogens (tertiary/aromatic N) is 1. The first-order chi connectivity index (χ1) is 12.9. The van der Waals surface area contributed by atoms with E-state index < -0.39 is 0 Å². The molecule has 0 saturated heterocycles. The molecule has 0 aliphatic heterocycles. The SMILES string of the molecule is CC(=O)Nc1ccc(NC(=O)C[NH+](C)[C@@H](C)c2nc3ccccc3s2)cc1. The van der Waals surface area contributed by atoms with E-state index in [1.54, 1.807) is 35.6 Å². The van der Waals surface area contributed by atoms with Gasteiger partial charge < -0.3 is 15.5 Å². The first-order valence-electron chi connectivity index (χ1n) is 8.77. The maximum absolute atomic E-state index is 12.4. The average Bonchev–Trinajstić information content (AvgIpc) is 3.06. The van der Waals surface area contributed by atoms with Crippen LogP contribution in [0.2, 0.25) is 0 Å². The fraction of sp³-hybridized carbons (Fsp3) is 0.250. The third kappa shape index (κ3) is 4.90. The quantitative estimate of drug-likeness (QED) is 0.612. The highest BCUT2D eigenvalue weighted by atomic mass is 32.1. The summed E-state index contributed by atoms with van der Waals surface area (Å²) in [5, 5.41) is 6.63. The smallest absolute Gasteiger partial charge is 0.279 e. The van der Waals surface area contributed by atoms with E-state index in [-0.39, 0.29) is 17.9 Å². The van der Waals surface area contributed by atoms with E-state index in [1.807, 2.05) is 25.2 Å². The largest absolute Gasteiger partial charge is 0.326 e. The van der Waals surface area contributed by atoms with E-state index in [4.69, 9.17) is 0 Å². The summed E-state index contributed by atoms with van der Waals surface area (Å²) in [5.74, 6) is -0.186. The van der Waals surface area contributed by atoms with Gasteiger partial charge in [-0.05, 0) is 43.3 Å². The predicted molar refractivity (Wildman–Crippen MR) is 109 cm³/mol. The van der Waals surface area contributed by atoms with Crippen molar-refractivity contribution < 1.29 is 14.5 Å². The molecule has 7 heteroatoms. The topological polar surface area (TPSA) is 75.5 Å². The molecule has 1 unspecified atom stereocenters. The van der Waals surface area contributed by atoms with Gasteiger partial charge in [-0.25, -0.2) is 4.98 Å². The predicted octanol–water partition coefficient (Wildman–Crippen LogP) is 2.47. The lowest BCUT2D eigenvalue weighted by atomic mass is 10.2. The highest BCUT2D eigenvalue weighted by molar-refractivity contribution is 7.18. The van der Waals surface area contributed by atoms with Gasteiger partial charge >= 0.3 is 0 Å². The van der Waals surface area contributed by atoms with E-state index in [9.17, 15) is 9.59 Å². The van der Waals surface area contributed by atoms with Gasteiger partial charge in [0.1, 0.15) is 6.04 Å². The lowest BCUT2D eigenvalue weighted by Gasteiger charge is -2.19. The summed E-state index contributed by atoms with van der Waals surface area (Å²) in [7, 11) is 2.00. The zero-order valence-electron chi connectivity index (χ0n) is 15.6. The van der Waals surface area contributed by atoms with Crippen LogP contribution in [0.5, 0.6) is 0 Å². The number of quaternary nitrogens is 1. The maximum atomic E-state index is 12.4. The highest BCUT2D eigenvalue weighted by Crippen LogP contribution is 2.24. The number of carbonyl (C=O) groups is 2. The summed E-state index contributed by atoms with van der Waals surface area (Å²) in [4.78, 5) is 29.2. The number of carbonyl (C=O) groups excluding carboxylic acids is 2. The summed E-state index contributed by atoms with van der Waals surface area (Å²) >= 11 is 1.67. The molecule has 0 aliphatic carbocycles. The van der Waals surface area contributed by atoms with Crippen molar-refractivity contribution in [2.75, 3.05) is 24.2 Å². The second-order valence-electron chi connectivity index (χ2n) is 6.57. The van der Waals surface area contributed by atoms with Gasteiger partial charge in [0, 0.05) is 18.3 Å². The molecule has 140 valence electrons. The van der Waals surface area contributed by atoms with Gasteiger partial charge in [-0.1, -0.05) is 12.1 Å². The molecule has 0 spiro atoms. The van der Waals surface area contributed by atoms with E-state index in [0.29, 0.717) is 17.9 Å². The molecule has 0 radical (unpaired) electrons. The van der Waals surface area contributed by atoms with E-state index in [1.165, 1.54) is 6.92 Å². The number of hydrogen-bond acceptors (Lipinski definition) is 4. The first kappa shape index (κ1) is 19.0. The number of thiazole rings is 1. The van der Waals surface area contributed by atoms with Crippen LogP contribution in [0.25, 0.3) is 10.2 Å². The van der Waals surface area contributed by atoms with Crippen molar-refractivity contribution in [3.8, 4) is 0 Å². The fourth-order valence-corrected chi connectivity index (χ4v) is 3.85. The van der Waals surface area contributed by atoms with E-state index in [0.717, 1.165) is 20.1 Å². The first-order valence-corrected chi connectivity index (χ1v) is 9.59. The summed E-state index contributed by atoms with van der Waals surface area (Å²) in [5.41, 5.74) is 2.41. The molecule has 3 aromatic rings. The van der Waals surface area contributed by atoms with Crippen LogP contribution in [0, 0.1) is 0 Å². The molecule has 2 atom stereocenters. The maximum Gasteiger partial charge on any atom is 0.279 e. The number of para-hydroxylation sites is 1. The van der Waals surface area contributed by atoms with Gasteiger partial charge in [0.2, 0.25) is 5.91 Å². The number of hydrogen-bond donors (Lipinski definition) is 3. The average molecular weight is 383 g/mol. The van der Waals surface area contributed by atoms with Gasteiger partial charge in [-0.3, -0.25) is 9.59 Å². The zero-order valence-corrected chi connectivity index (χ0v) is 16.4. The van der Waals surface area contributed by atoms with Crippen LogP contribution < -0.4 is 15.5 Å². The van der Waals surface area contributed by atoms with Crippen LogP contribution in [0.15, 0.2) is 48.5 Å². The number of fused-ring (bicyclic) bond motifs is 1. The van der Waals surface area contributed by atoms with Crippen LogP contribution in [-0.4, -0.2) is 30.4 Å². The summed E-state index contributed by atoms with van der Waals surface area (Å²) in [6, 6.07) is 15.3. The lowest BCUT2D eigenvalue weighted by Crippen LogP contribution is -3.10. The highest BCUT2D eigenvalue weighted by Gasteiger charge is 2.22. The molecule has 0 bridgehead atoms. The van der Waals surface area contributed by atoms with Gasteiger partial charge in [0.15, 0.2) is 11.6 Å². The number of rotatable bonds is 6. The van der Waals surface area contributed by atoms with Crippen molar-refractivity contribution in [1.82, 2.24) is 4.98 Å². The minimum absolute atomic E-state index is 0.0623. The third-order valence-electron chi connectivity index (χ3n) is 4.35. The van der Waals surface area contributed by atoms with Crippen molar-refractivity contribution in [3.63, 3.8) is 0 Å². The summed E-state index contributed by atoms with van der Waals surface area (Å²) in [6.07, 6.45) is 0. The second-order valence-corrected chi connectivity index (χ2v) is 7.63. The van der Waals surface area contributed by atoms with Gasteiger partial charge in [-0.2, -0.15) is 0 Å². The van der Waals surface area contributed by atoms with Crippen LogP contribution in [-0.2, 0) is 9.59 Å². The van der Waals surface area contributed by atoms with Crippen molar-refractivity contribution in [1.29, 1.82) is 0 Å². The van der Waals surface area contributed by atoms with Crippen molar-refractivity contribution in [3.05, 3.63) is 53.5 Å². The third-order valence-corrected chi connectivity index (χ3v) is 5.57. The van der Waals surface area contributed by atoms with Crippen molar-refractivity contribution >= 4 is 44.7 Å². The molecule has 27 heavy (non-hydrogen) atoms. The standard InChI is InChI=1S/C20H22N4O2S/c1-13(20-23-17-6-4-5-7-18(17)27-20)24(3)12-19(26)22-16-10-8-15(9-11-16)21-14(2)25/h4-11,13H,12H2,1-3H3,(H,21,25)(H,22,26)/p+1/t13-/m0/s1. The summed E-state index contributed by atoms with van der Waals surface area (Å²) < 4.78 is 1.16. The normalized spacial score (nSPS) is 13.1. The number of amides is 2. The van der Waals surface area contributed by atoms with E-state index in [2.05, 4.69) is 28.6 Å². The van der Waals surface area contributed by atoms with Crippen LogP contribution in [0.3, 0.4) is 0 Å². The molecule has 3 rings (SSSR count). The molecule has 0 fully saturated rings. The molecule has 2 aromatic carbocycles. The van der Waals surface area contributed by atoms with Gasteiger partial charge in [0.05, 0.1) is 17.3 Å². The minimum atomic E-state index is -0.124. The number of aromatic nitrogens is 1. The molecular formula is C20H23N4O2S+. The lowest BCUT2D eigenvalue weighted by molar-refractivity contribution is -0.902. The number of likely N-dealkylation sites (N-methyl/N-ethyl adjacent to an activating group) is 1. The Hall–Kier alpha value is -2.77. The zero-order chi connectivity index (χ0) is 19.4. The second kappa shape index (κ2) is 8.28. The Kier molecular flexibility index (Phi) is 5.83. The summed E-state index contributed by atoms with van der Waals surface area (Å²) in [6.45, 7) is 3.88. The fourth-order valence-electron chi connectivity index (χ4n) is 2.74. The molecule has 0 aliphatic rings. The van der Waals surface area contributed by atoms with Gasteiger partial charge in [0.25, 0.3) is 5.91 Å². The Morgan fingerprint density at radius 2 is 1.70 bits per heavy atom. The van der Waals surface area contributed by atoms with Crippen molar-refractivity contribution in [2.24, 2.45) is 0 Å². The molecule has 2 amide bonds. The number of nitrogens with one attached hydrogen (secondary N) is 3. The number of benzene rings is 2. The molecule has 0 saturated carbocycles. The van der Waals surface area contributed by atoms with Crippen molar-refractivity contribution in [2.45, 2.75) is 19.9 Å². The Bertz CT molecular complexity index is 919. The molecule has 3 N–H and O–H groups in total. The monoisotopic (exact) mass is 383 g/mol. The van der Waals surface area contributed by atoms with Crippen LogP contribution in [0.4, 0.5) is 11.4 Å². The Labute approximate surface area is 162 Å². The molecule has 1 aromatic heterocycles. The Morgan fingerprint density at radius 3 is 2.33 bits per heavy atom. The van der Waals surface area contributed by atoms with E-state index >= 15 is 0 Å². The molecule has 6 nitrogen and oxygen atoms in total. The molecule has 1 heterocycles. The number of anilines is 2. The minimum Gasteiger partial charge on any atom is -0.326 e. The van der Waals surface area contributed by atoms with Gasteiger partial charge in [-0.15, -0.1) is 11.3 Å². The van der Waals surface area contributed by atoms with Crippen LogP contribution in [0.1, 0.15) is 24.9 Å². The Morgan fingerprint density at radius 1 is 1.07 bits per heavy atom. The van der Waals surface area contributed by atoms with Crippen LogP contribution >= 0.6 is 11.3 Å². The molecular weight excluding hydrogens is 360 g/mol.